The maximum atomic E-state index is 12.0. The number of carboxylic acids is 1. The van der Waals surface area contributed by atoms with Gasteiger partial charge in [0, 0.05) is 12.0 Å². The largest absolute Gasteiger partial charge is 0.496 e. The summed E-state index contributed by atoms with van der Waals surface area (Å²) >= 11 is 0. The number of aliphatic carboxylic acids is 1. The minimum absolute atomic E-state index is 0.109. The van der Waals surface area contributed by atoms with Crippen LogP contribution < -0.4 is 10.5 Å². The Kier molecular flexibility index (Phi) is 4.85. The Bertz CT molecular complexity index is 456. The highest BCUT2D eigenvalue weighted by Crippen LogP contribution is 2.19. The van der Waals surface area contributed by atoms with E-state index in [0.29, 0.717) is 11.3 Å². The fraction of sp³-hybridized carbons (Fsp3) is 0.385. The molecule has 1 rings (SSSR count). The van der Waals surface area contributed by atoms with Crippen molar-refractivity contribution in [3.8, 4) is 5.75 Å². The summed E-state index contributed by atoms with van der Waals surface area (Å²) in [6.07, 6.45) is 0.0291. The van der Waals surface area contributed by atoms with E-state index >= 15 is 0 Å². The van der Waals surface area contributed by atoms with Crippen LogP contribution in [0.25, 0.3) is 0 Å². The van der Waals surface area contributed by atoms with E-state index in [1.807, 2.05) is 6.92 Å². The third kappa shape index (κ3) is 3.56. The van der Waals surface area contributed by atoms with Crippen LogP contribution in [0, 0.1) is 6.92 Å². The number of carbonyl (C=O) groups is 2. The van der Waals surface area contributed by atoms with Gasteiger partial charge < -0.3 is 15.6 Å². The van der Waals surface area contributed by atoms with Crippen molar-refractivity contribution >= 4 is 11.8 Å². The summed E-state index contributed by atoms with van der Waals surface area (Å²) in [5.74, 6) is -0.503. The lowest BCUT2D eigenvalue weighted by atomic mass is 9.99. The second-order valence-electron chi connectivity index (χ2n) is 4.09. The summed E-state index contributed by atoms with van der Waals surface area (Å²) in [5.41, 5.74) is 6.99. The molecule has 1 aromatic carbocycles. The molecule has 0 saturated heterocycles. The number of carboxylic acid groups (broad SMARTS) is 1. The third-order valence-corrected chi connectivity index (χ3v) is 2.69. The normalized spacial score (nSPS) is 11.9. The van der Waals surface area contributed by atoms with E-state index in [4.69, 9.17) is 15.6 Å². The van der Waals surface area contributed by atoms with E-state index in [-0.39, 0.29) is 18.6 Å². The molecule has 0 aliphatic carbocycles. The number of ketones is 1. The summed E-state index contributed by atoms with van der Waals surface area (Å²) in [6, 6.07) is 4.25. The zero-order valence-electron chi connectivity index (χ0n) is 10.5. The first-order valence-electron chi connectivity index (χ1n) is 5.62. The molecule has 0 amide bonds. The van der Waals surface area contributed by atoms with Gasteiger partial charge in [0.2, 0.25) is 0 Å². The molecule has 0 aliphatic rings. The molecule has 0 spiro atoms. The van der Waals surface area contributed by atoms with Crippen molar-refractivity contribution in [2.75, 3.05) is 7.11 Å². The molecular formula is C13H17NO4. The van der Waals surface area contributed by atoms with Gasteiger partial charge >= 0.3 is 5.97 Å². The molecule has 1 atom stereocenters. The minimum Gasteiger partial charge on any atom is -0.496 e. The van der Waals surface area contributed by atoms with Gasteiger partial charge in [-0.15, -0.1) is 0 Å². The fourth-order valence-electron chi connectivity index (χ4n) is 1.66. The highest BCUT2D eigenvalue weighted by atomic mass is 16.5. The van der Waals surface area contributed by atoms with Gasteiger partial charge in [-0.2, -0.15) is 0 Å². The lowest BCUT2D eigenvalue weighted by molar-refractivity contribution is -0.137. The molecular weight excluding hydrogens is 234 g/mol. The highest BCUT2D eigenvalue weighted by molar-refractivity contribution is 6.00. The number of nitrogens with two attached hydrogens (primary N) is 1. The van der Waals surface area contributed by atoms with Gasteiger partial charge in [0.05, 0.1) is 13.2 Å². The first-order valence-corrected chi connectivity index (χ1v) is 5.62. The smallest absolute Gasteiger partial charge is 0.303 e. The predicted molar refractivity (Wildman–Crippen MR) is 66.9 cm³/mol. The van der Waals surface area contributed by atoms with Crippen molar-refractivity contribution in [1.82, 2.24) is 0 Å². The molecule has 5 nitrogen and oxygen atoms in total. The van der Waals surface area contributed by atoms with Crippen molar-refractivity contribution in [1.29, 1.82) is 0 Å². The molecule has 18 heavy (non-hydrogen) atoms. The Hall–Kier alpha value is -1.88. The van der Waals surface area contributed by atoms with Crippen LogP contribution in [-0.4, -0.2) is 30.0 Å². The second-order valence-corrected chi connectivity index (χ2v) is 4.09. The van der Waals surface area contributed by atoms with Gasteiger partial charge in [-0.05, 0) is 37.1 Å². The molecule has 5 heteroatoms. The number of benzene rings is 1. The quantitative estimate of drug-likeness (QED) is 0.745. The number of rotatable bonds is 6. The Morgan fingerprint density at radius 1 is 1.44 bits per heavy atom. The lowest BCUT2D eigenvalue weighted by Gasteiger charge is -2.11. The van der Waals surface area contributed by atoms with Crippen molar-refractivity contribution < 1.29 is 19.4 Å². The first kappa shape index (κ1) is 14.2. The monoisotopic (exact) mass is 251 g/mol. The van der Waals surface area contributed by atoms with Crippen molar-refractivity contribution in [2.45, 2.75) is 25.8 Å². The SMILES string of the molecule is COc1ccc(C(=O)C(N)CCC(=O)O)cc1C. The van der Waals surface area contributed by atoms with Crippen LogP contribution in [-0.2, 0) is 4.79 Å². The topological polar surface area (TPSA) is 89.6 Å². The standard InChI is InChI=1S/C13H17NO4/c1-8-7-9(3-5-11(8)18-2)13(17)10(14)4-6-12(15)16/h3,5,7,10H,4,6,14H2,1-2H3,(H,15,16). The molecule has 1 unspecified atom stereocenters. The molecule has 0 saturated carbocycles. The molecule has 0 aromatic heterocycles. The molecule has 0 fully saturated rings. The van der Waals surface area contributed by atoms with E-state index in [1.54, 1.807) is 25.3 Å². The number of hydrogen-bond donors (Lipinski definition) is 2. The van der Waals surface area contributed by atoms with E-state index in [9.17, 15) is 9.59 Å². The Morgan fingerprint density at radius 2 is 2.11 bits per heavy atom. The van der Waals surface area contributed by atoms with Crippen molar-refractivity contribution in [3.63, 3.8) is 0 Å². The van der Waals surface area contributed by atoms with Crippen LogP contribution >= 0.6 is 0 Å². The van der Waals surface area contributed by atoms with Gasteiger partial charge in [0.25, 0.3) is 0 Å². The number of hydrogen-bond acceptors (Lipinski definition) is 4. The summed E-state index contributed by atoms with van der Waals surface area (Å²) in [7, 11) is 1.56. The zero-order valence-corrected chi connectivity index (χ0v) is 10.5. The van der Waals surface area contributed by atoms with Crippen molar-refractivity contribution in [3.05, 3.63) is 29.3 Å². The lowest BCUT2D eigenvalue weighted by Crippen LogP contribution is -2.31. The highest BCUT2D eigenvalue weighted by Gasteiger charge is 2.17. The van der Waals surface area contributed by atoms with Crippen molar-refractivity contribution in [2.24, 2.45) is 5.73 Å². The summed E-state index contributed by atoms with van der Waals surface area (Å²) in [6.45, 7) is 1.83. The van der Waals surface area contributed by atoms with E-state index in [2.05, 4.69) is 0 Å². The number of Topliss-reactive ketones (excluding diaryl/α,β-unsaturated/α-hetero) is 1. The molecule has 0 heterocycles. The molecule has 0 radical (unpaired) electrons. The Morgan fingerprint density at radius 3 is 2.61 bits per heavy atom. The van der Waals surface area contributed by atoms with E-state index in [1.165, 1.54) is 0 Å². The van der Waals surface area contributed by atoms with Crippen LogP contribution in [0.5, 0.6) is 5.75 Å². The average molecular weight is 251 g/mol. The zero-order chi connectivity index (χ0) is 13.7. The summed E-state index contributed by atoms with van der Waals surface area (Å²) in [4.78, 5) is 22.4. The first-order chi connectivity index (χ1) is 8.45. The van der Waals surface area contributed by atoms with Crippen LogP contribution in [0.4, 0.5) is 0 Å². The third-order valence-electron chi connectivity index (χ3n) is 2.69. The minimum atomic E-state index is -0.954. The second kappa shape index (κ2) is 6.16. The predicted octanol–water partition coefficient (Wildman–Crippen LogP) is 1.38. The van der Waals surface area contributed by atoms with Gasteiger partial charge in [0.1, 0.15) is 5.75 Å². The summed E-state index contributed by atoms with van der Waals surface area (Å²) in [5, 5.41) is 8.54. The van der Waals surface area contributed by atoms with E-state index in [0.717, 1.165) is 5.56 Å². The van der Waals surface area contributed by atoms with Gasteiger partial charge in [0.15, 0.2) is 5.78 Å². The molecule has 98 valence electrons. The number of aryl methyl sites for hydroxylation is 1. The molecule has 3 N–H and O–H groups in total. The van der Waals surface area contributed by atoms with Crippen LogP contribution in [0.1, 0.15) is 28.8 Å². The number of carbonyl (C=O) groups excluding carboxylic acids is 1. The molecule has 0 bridgehead atoms. The van der Waals surface area contributed by atoms with E-state index < -0.39 is 12.0 Å². The number of ether oxygens (including phenoxy) is 1. The molecule has 1 aromatic rings. The maximum Gasteiger partial charge on any atom is 0.303 e. The number of methoxy groups -OCH3 is 1. The fourth-order valence-corrected chi connectivity index (χ4v) is 1.66. The van der Waals surface area contributed by atoms with Gasteiger partial charge in [-0.25, -0.2) is 0 Å². The average Bonchev–Trinajstić information content (AvgIpc) is 2.34. The summed E-state index contributed by atoms with van der Waals surface area (Å²) < 4.78 is 5.10. The Balaban J connectivity index is 2.77. The van der Waals surface area contributed by atoms with Gasteiger partial charge in [-0.3, -0.25) is 9.59 Å². The van der Waals surface area contributed by atoms with Crippen LogP contribution in [0.3, 0.4) is 0 Å². The molecule has 0 aliphatic heterocycles. The van der Waals surface area contributed by atoms with Gasteiger partial charge in [-0.1, -0.05) is 0 Å². The maximum absolute atomic E-state index is 12.0. The van der Waals surface area contributed by atoms with Crippen LogP contribution in [0.2, 0.25) is 0 Å². The van der Waals surface area contributed by atoms with Crippen LogP contribution in [0.15, 0.2) is 18.2 Å². The Labute approximate surface area is 106 Å².